The van der Waals surface area contributed by atoms with Gasteiger partial charge in [-0.2, -0.15) is 0 Å². The maximum absolute atomic E-state index is 12.5. The molecule has 0 N–H and O–H groups in total. The molecular weight excluding hydrogens is 318 g/mol. The number of rotatable bonds is 3. The van der Waals surface area contributed by atoms with Crippen LogP contribution in [0.3, 0.4) is 0 Å². The second kappa shape index (κ2) is 6.98. The van der Waals surface area contributed by atoms with Crippen molar-refractivity contribution in [2.45, 2.75) is 19.6 Å². The predicted molar refractivity (Wildman–Crippen MR) is 100 cm³/mol. The summed E-state index contributed by atoms with van der Waals surface area (Å²) in [7, 11) is 3.33. The molecule has 126 valence electrons. The third kappa shape index (κ3) is 3.90. The molecule has 1 heterocycles. The van der Waals surface area contributed by atoms with Gasteiger partial charge in [-0.1, -0.05) is 37.7 Å². The Labute approximate surface area is 144 Å². The summed E-state index contributed by atoms with van der Waals surface area (Å²) in [5.74, 6) is 4.38. The molecule has 0 aliphatic rings. The zero-order valence-corrected chi connectivity index (χ0v) is 16.1. The third-order valence-electron chi connectivity index (χ3n) is 3.50. The molecule has 1 aromatic heterocycles. The predicted octanol–water partition coefficient (Wildman–Crippen LogP) is 3.30. The van der Waals surface area contributed by atoms with Crippen LogP contribution in [-0.2, 0) is 7.05 Å². The third-order valence-corrected chi connectivity index (χ3v) is 4.37. The highest BCUT2D eigenvalue weighted by atomic mass is 28.3. The minimum Gasteiger partial charge on any atom is -0.497 e. The fraction of sp³-hybridized carbons (Fsp3) is 0.316. The SMILES string of the molecule is COc1ccc(-c2cn(C)c(=O)c(C#C[Si](C)(C)C)c2OC)cc1. The fourth-order valence-corrected chi connectivity index (χ4v) is 2.77. The summed E-state index contributed by atoms with van der Waals surface area (Å²) in [5, 5.41) is 0. The van der Waals surface area contributed by atoms with Crippen molar-refractivity contribution in [3.8, 4) is 34.1 Å². The molecule has 2 rings (SSSR count). The number of pyridine rings is 1. The van der Waals surface area contributed by atoms with Gasteiger partial charge in [-0.3, -0.25) is 4.79 Å². The average Bonchev–Trinajstić information content (AvgIpc) is 2.55. The van der Waals surface area contributed by atoms with Crippen LogP contribution in [0, 0.1) is 11.5 Å². The molecule has 0 unspecified atom stereocenters. The highest BCUT2D eigenvalue weighted by molar-refractivity contribution is 6.83. The van der Waals surface area contributed by atoms with Crippen molar-refractivity contribution in [1.82, 2.24) is 4.57 Å². The number of methoxy groups -OCH3 is 2. The van der Waals surface area contributed by atoms with Crippen molar-refractivity contribution in [3.63, 3.8) is 0 Å². The van der Waals surface area contributed by atoms with Crippen molar-refractivity contribution in [2.75, 3.05) is 14.2 Å². The summed E-state index contributed by atoms with van der Waals surface area (Å²) in [5.41, 5.74) is 5.30. The monoisotopic (exact) mass is 341 g/mol. The molecule has 0 aliphatic heterocycles. The maximum Gasteiger partial charge on any atom is 0.269 e. The molecule has 0 spiro atoms. The summed E-state index contributed by atoms with van der Waals surface area (Å²) in [4.78, 5) is 12.5. The van der Waals surface area contributed by atoms with Gasteiger partial charge in [0.05, 0.1) is 14.2 Å². The topological polar surface area (TPSA) is 40.5 Å². The second-order valence-corrected chi connectivity index (χ2v) is 11.3. The van der Waals surface area contributed by atoms with Gasteiger partial charge in [-0.25, -0.2) is 0 Å². The molecule has 4 nitrogen and oxygen atoms in total. The van der Waals surface area contributed by atoms with E-state index in [1.807, 2.05) is 24.3 Å². The van der Waals surface area contributed by atoms with E-state index in [0.29, 0.717) is 11.3 Å². The van der Waals surface area contributed by atoms with Crippen LogP contribution in [0.2, 0.25) is 19.6 Å². The molecule has 0 saturated carbocycles. The van der Waals surface area contributed by atoms with Gasteiger partial charge in [0, 0.05) is 18.8 Å². The van der Waals surface area contributed by atoms with E-state index in [2.05, 4.69) is 31.1 Å². The summed E-state index contributed by atoms with van der Waals surface area (Å²) in [6, 6.07) is 7.65. The summed E-state index contributed by atoms with van der Waals surface area (Å²) in [6.45, 7) is 6.43. The lowest BCUT2D eigenvalue weighted by Crippen LogP contribution is -2.22. The molecule has 0 amide bonds. The van der Waals surface area contributed by atoms with Crippen LogP contribution < -0.4 is 15.0 Å². The van der Waals surface area contributed by atoms with Crippen molar-refractivity contribution >= 4 is 8.07 Å². The van der Waals surface area contributed by atoms with Crippen LogP contribution >= 0.6 is 0 Å². The van der Waals surface area contributed by atoms with E-state index in [9.17, 15) is 4.79 Å². The van der Waals surface area contributed by atoms with Gasteiger partial charge in [0.1, 0.15) is 25.1 Å². The number of aryl methyl sites for hydroxylation is 1. The summed E-state index contributed by atoms with van der Waals surface area (Å²) < 4.78 is 12.3. The van der Waals surface area contributed by atoms with Crippen LogP contribution in [-0.4, -0.2) is 26.9 Å². The van der Waals surface area contributed by atoms with Crippen molar-refractivity contribution in [1.29, 1.82) is 0 Å². The smallest absolute Gasteiger partial charge is 0.269 e. The first-order chi connectivity index (χ1) is 11.3. The normalized spacial score (nSPS) is 10.8. The largest absolute Gasteiger partial charge is 0.497 e. The van der Waals surface area contributed by atoms with Gasteiger partial charge in [0.15, 0.2) is 0 Å². The van der Waals surface area contributed by atoms with Crippen molar-refractivity contribution in [2.24, 2.45) is 7.05 Å². The van der Waals surface area contributed by atoms with Crippen LogP contribution in [0.5, 0.6) is 11.5 Å². The Hall–Kier alpha value is -2.45. The molecule has 2 aromatic rings. The first-order valence-corrected chi connectivity index (χ1v) is 11.2. The Morgan fingerprint density at radius 1 is 1.04 bits per heavy atom. The molecule has 24 heavy (non-hydrogen) atoms. The number of aromatic nitrogens is 1. The molecule has 0 radical (unpaired) electrons. The van der Waals surface area contributed by atoms with Gasteiger partial charge < -0.3 is 14.0 Å². The van der Waals surface area contributed by atoms with E-state index < -0.39 is 8.07 Å². The zero-order valence-electron chi connectivity index (χ0n) is 15.1. The molecule has 0 saturated heterocycles. The minimum atomic E-state index is -1.61. The number of hydrogen-bond donors (Lipinski definition) is 0. The van der Waals surface area contributed by atoms with E-state index in [1.165, 1.54) is 0 Å². The maximum atomic E-state index is 12.5. The highest BCUT2D eigenvalue weighted by Gasteiger charge is 2.16. The number of ether oxygens (including phenoxy) is 2. The quantitative estimate of drug-likeness (QED) is 0.635. The van der Waals surface area contributed by atoms with Gasteiger partial charge in [-0.05, 0) is 17.7 Å². The number of benzene rings is 1. The number of hydrogen-bond acceptors (Lipinski definition) is 3. The van der Waals surface area contributed by atoms with Crippen LogP contribution in [0.1, 0.15) is 5.56 Å². The lowest BCUT2D eigenvalue weighted by atomic mass is 10.0. The first-order valence-electron chi connectivity index (χ1n) is 7.72. The van der Waals surface area contributed by atoms with E-state index >= 15 is 0 Å². The first kappa shape index (κ1) is 17.9. The van der Waals surface area contributed by atoms with E-state index in [-0.39, 0.29) is 5.56 Å². The van der Waals surface area contributed by atoms with Crippen molar-refractivity contribution < 1.29 is 9.47 Å². The van der Waals surface area contributed by atoms with Gasteiger partial charge in [0.2, 0.25) is 0 Å². The van der Waals surface area contributed by atoms with Gasteiger partial charge in [0.25, 0.3) is 5.56 Å². The molecule has 0 aliphatic carbocycles. The Morgan fingerprint density at radius 3 is 2.17 bits per heavy atom. The lowest BCUT2D eigenvalue weighted by molar-refractivity contribution is 0.412. The van der Waals surface area contributed by atoms with Crippen LogP contribution in [0.15, 0.2) is 35.3 Å². The summed E-state index contributed by atoms with van der Waals surface area (Å²) >= 11 is 0. The Morgan fingerprint density at radius 2 is 1.67 bits per heavy atom. The molecule has 1 aromatic carbocycles. The Balaban J connectivity index is 2.70. The zero-order chi connectivity index (χ0) is 17.9. The highest BCUT2D eigenvalue weighted by Crippen LogP contribution is 2.32. The molecule has 0 fully saturated rings. The van der Waals surface area contributed by atoms with E-state index in [0.717, 1.165) is 16.9 Å². The van der Waals surface area contributed by atoms with Gasteiger partial charge >= 0.3 is 0 Å². The minimum absolute atomic E-state index is 0.144. The molecule has 0 atom stereocenters. The van der Waals surface area contributed by atoms with Crippen LogP contribution in [0.25, 0.3) is 11.1 Å². The standard InChI is InChI=1S/C19H23NO3Si/c1-20-13-17(14-7-9-15(22-2)10-8-14)18(23-3)16(19(20)21)11-12-24(4,5)6/h7-10,13H,1-6H3. The Kier molecular flexibility index (Phi) is 5.20. The molecular formula is C19H23NO3Si. The van der Waals surface area contributed by atoms with Gasteiger partial charge in [-0.15, -0.1) is 5.54 Å². The Bertz CT molecular complexity index is 850. The van der Waals surface area contributed by atoms with Crippen LogP contribution in [0.4, 0.5) is 0 Å². The summed E-state index contributed by atoms with van der Waals surface area (Å²) in [6.07, 6.45) is 1.78. The molecule has 0 bridgehead atoms. The second-order valence-electron chi connectivity index (χ2n) is 6.60. The van der Waals surface area contributed by atoms with E-state index in [4.69, 9.17) is 9.47 Å². The number of nitrogens with zero attached hydrogens (tertiary/aromatic N) is 1. The fourth-order valence-electron chi connectivity index (χ4n) is 2.27. The lowest BCUT2D eigenvalue weighted by Gasteiger charge is -2.13. The average molecular weight is 341 g/mol. The van der Waals surface area contributed by atoms with Crippen molar-refractivity contribution in [3.05, 3.63) is 46.4 Å². The molecule has 5 heteroatoms. The van der Waals surface area contributed by atoms with E-state index in [1.54, 1.807) is 32.0 Å².